The number of carbonyl (C=O) groups is 1. The molecular weight excluding hydrogens is 206 g/mol. The molecule has 4 nitrogen and oxygen atoms in total. The molecule has 1 rings (SSSR count). The zero-order chi connectivity index (χ0) is 11.8. The molecule has 2 N–H and O–H groups in total. The van der Waals surface area contributed by atoms with Gasteiger partial charge in [-0.15, -0.1) is 0 Å². The minimum absolute atomic E-state index is 0.121. The third kappa shape index (κ3) is 4.49. The maximum Gasteiger partial charge on any atom is 0.310 e. The fourth-order valence-electron chi connectivity index (χ4n) is 1.91. The van der Waals surface area contributed by atoms with E-state index >= 15 is 0 Å². The number of nitrogens with two attached hydrogens (primary N) is 1. The second kappa shape index (κ2) is 7.63. The summed E-state index contributed by atoms with van der Waals surface area (Å²) in [4.78, 5) is 11.7. The lowest BCUT2D eigenvalue weighted by molar-refractivity contribution is -0.150. The topological polar surface area (TPSA) is 61.6 Å². The van der Waals surface area contributed by atoms with Crippen molar-refractivity contribution in [2.24, 2.45) is 17.6 Å². The van der Waals surface area contributed by atoms with Crippen molar-refractivity contribution in [3.8, 4) is 0 Å². The Labute approximate surface area is 97.5 Å². The molecule has 16 heavy (non-hydrogen) atoms. The van der Waals surface area contributed by atoms with Crippen LogP contribution in [0.1, 0.15) is 32.6 Å². The van der Waals surface area contributed by atoms with Crippen LogP contribution < -0.4 is 5.73 Å². The van der Waals surface area contributed by atoms with Crippen molar-refractivity contribution in [3.05, 3.63) is 0 Å². The van der Waals surface area contributed by atoms with Crippen molar-refractivity contribution in [1.29, 1.82) is 0 Å². The van der Waals surface area contributed by atoms with Crippen LogP contribution in [0.4, 0.5) is 0 Å². The summed E-state index contributed by atoms with van der Waals surface area (Å²) in [6.07, 6.45) is 3.78. The van der Waals surface area contributed by atoms with Crippen molar-refractivity contribution in [1.82, 2.24) is 0 Å². The van der Waals surface area contributed by atoms with E-state index < -0.39 is 0 Å². The molecular formula is C12H23NO3. The number of hydrogen-bond donors (Lipinski definition) is 1. The Balaban J connectivity index is 2.21. The van der Waals surface area contributed by atoms with Gasteiger partial charge in [0, 0.05) is 19.8 Å². The lowest BCUT2D eigenvalue weighted by atomic mass is 10.0. The highest BCUT2D eigenvalue weighted by molar-refractivity contribution is 5.72. The zero-order valence-electron chi connectivity index (χ0n) is 10.1. The second-order valence-corrected chi connectivity index (χ2v) is 4.41. The lowest BCUT2D eigenvalue weighted by Crippen LogP contribution is -2.28. The predicted molar refractivity (Wildman–Crippen MR) is 62.0 cm³/mol. The predicted octanol–water partition coefficient (Wildman–Crippen LogP) is 1.33. The van der Waals surface area contributed by atoms with Gasteiger partial charge in [-0.05, 0) is 25.2 Å². The van der Waals surface area contributed by atoms with E-state index in [1.54, 1.807) is 0 Å². The Morgan fingerprint density at radius 1 is 1.50 bits per heavy atom. The Kier molecular flexibility index (Phi) is 6.42. The molecule has 0 aromatic carbocycles. The smallest absolute Gasteiger partial charge is 0.310 e. The highest BCUT2D eigenvalue weighted by atomic mass is 16.5. The maximum absolute atomic E-state index is 11.7. The van der Waals surface area contributed by atoms with Gasteiger partial charge in [0.25, 0.3) is 0 Å². The van der Waals surface area contributed by atoms with Gasteiger partial charge >= 0.3 is 5.97 Å². The molecule has 0 radical (unpaired) electrons. The van der Waals surface area contributed by atoms with Crippen LogP contribution in [0.15, 0.2) is 0 Å². The number of rotatable bonds is 6. The fraction of sp³-hybridized carbons (Fsp3) is 0.917. The zero-order valence-corrected chi connectivity index (χ0v) is 10.1. The number of ether oxygens (including phenoxy) is 2. The van der Waals surface area contributed by atoms with E-state index in [4.69, 9.17) is 15.2 Å². The summed E-state index contributed by atoms with van der Waals surface area (Å²) in [7, 11) is 0. The molecule has 1 aliphatic rings. The molecule has 0 amide bonds. The summed E-state index contributed by atoms with van der Waals surface area (Å²) < 4.78 is 10.6. The van der Waals surface area contributed by atoms with Gasteiger partial charge in [0.2, 0.25) is 0 Å². The summed E-state index contributed by atoms with van der Waals surface area (Å²) in [6.45, 7) is 4.55. The van der Waals surface area contributed by atoms with Gasteiger partial charge in [-0.25, -0.2) is 0 Å². The first-order valence-corrected chi connectivity index (χ1v) is 6.22. The first-order valence-electron chi connectivity index (χ1n) is 6.22. The van der Waals surface area contributed by atoms with Crippen LogP contribution in [0.2, 0.25) is 0 Å². The highest BCUT2D eigenvalue weighted by Gasteiger charge is 2.20. The van der Waals surface area contributed by atoms with Crippen LogP contribution >= 0.6 is 0 Å². The van der Waals surface area contributed by atoms with Crippen molar-refractivity contribution < 1.29 is 14.3 Å². The van der Waals surface area contributed by atoms with Gasteiger partial charge in [-0.3, -0.25) is 4.79 Å². The molecule has 0 spiro atoms. The monoisotopic (exact) mass is 229 g/mol. The molecule has 1 fully saturated rings. The summed E-state index contributed by atoms with van der Waals surface area (Å²) in [5, 5.41) is 0. The van der Waals surface area contributed by atoms with Gasteiger partial charge in [0.05, 0.1) is 12.5 Å². The fourth-order valence-corrected chi connectivity index (χ4v) is 1.91. The standard InChI is InChI=1S/C12H23NO3/c1-2-3-11(8-13)12(14)16-9-10-4-6-15-7-5-10/h10-11H,2-9,13H2,1H3. The number of hydrogen-bond acceptors (Lipinski definition) is 4. The van der Waals surface area contributed by atoms with Crippen molar-refractivity contribution in [3.63, 3.8) is 0 Å². The third-order valence-electron chi connectivity index (χ3n) is 3.06. The van der Waals surface area contributed by atoms with Crippen LogP contribution in [0, 0.1) is 11.8 Å². The maximum atomic E-state index is 11.7. The summed E-state index contributed by atoms with van der Waals surface area (Å²) >= 11 is 0. The van der Waals surface area contributed by atoms with Crippen LogP contribution in [-0.4, -0.2) is 32.3 Å². The molecule has 0 aromatic heterocycles. The van der Waals surface area contributed by atoms with Crippen LogP contribution in [-0.2, 0) is 14.3 Å². The van der Waals surface area contributed by atoms with Gasteiger partial charge < -0.3 is 15.2 Å². The normalized spacial score (nSPS) is 19.4. The first-order chi connectivity index (χ1) is 7.77. The quantitative estimate of drug-likeness (QED) is 0.698. The Bertz CT molecular complexity index is 202. The van der Waals surface area contributed by atoms with Crippen LogP contribution in [0.25, 0.3) is 0 Å². The molecule has 1 aliphatic heterocycles. The molecule has 0 aliphatic carbocycles. The van der Waals surface area contributed by atoms with E-state index in [1.165, 1.54) is 0 Å². The van der Waals surface area contributed by atoms with Crippen molar-refractivity contribution in [2.75, 3.05) is 26.4 Å². The average molecular weight is 229 g/mol. The van der Waals surface area contributed by atoms with E-state index in [2.05, 4.69) is 6.92 Å². The highest BCUT2D eigenvalue weighted by Crippen LogP contribution is 2.16. The summed E-state index contributed by atoms with van der Waals surface area (Å²) in [5.74, 6) is 0.221. The Hall–Kier alpha value is -0.610. The Morgan fingerprint density at radius 3 is 2.75 bits per heavy atom. The minimum atomic E-state index is -0.129. The molecule has 0 bridgehead atoms. The van der Waals surface area contributed by atoms with Gasteiger partial charge in [-0.2, -0.15) is 0 Å². The van der Waals surface area contributed by atoms with E-state index in [0.717, 1.165) is 38.9 Å². The van der Waals surface area contributed by atoms with Gasteiger partial charge in [0.15, 0.2) is 0 Å². The molecule has 1 saturated heterocycles. The van der Waals surface area contributed by atoms with Crippen molar-refractivity contribution in [2.45, 2.75) is 32.6 Å². The minimum Gasteiger partial charge on any atom is -0.465 e. The van der Waals surface area contributed by atoms with Crippen LogP contribution in [0.3, 0.4) is 0 Å². The second-order valence-electron chi connectivity index (χ2n) is 4.41. The molecule has 1 atom stereocenters. The molecule has 0 aromatic rings. The average Bonchev–Trinajstić information content (AvgIpc) is 2.34. The molecule has 1 unspecified atom stereocenters. The van der Waals surface area contributed by atoms with E-state index in [1.807, 2.05) is 0 Å². The summed E-state index contributed by atoms with van der Waals surface area (Å²) in [6, 6.07) is 0. The molecule has 0 saturated carbocycles. The number of carbonyl (C=O) groups excluding carboxylic acids is 1. The molecule has 4 heteroatoms. The largest absolute Gasteiger partial charge is 0.465 e. The van der Waals surface area contributed by atoms with Gasteiger partial charge in [-0.1, -0.05) is 13.3 Å². The van der Waals surface area contributed by atoms with E-state index in [0.29, 0.717) is 19.1 Å². The van der Waals surface area contributed by atoms with Crippen LogP contribution in [0.5, 0.6) is 0 Å². The summed E-state index contributed by atoms with van der Waals surface area (Å²) in [5.41, 5.74) is 5.55. The van der Waals surface area contributed by atoms with E-state index in [-0.39, 0.29) is 11.9 Å². The SMILES string of the molecule is CCCC(CN)C(=O)OCC1CCOCC1. The van der Waals surface area contributed by atoms with E-state index in [9.17, 15) is 4.79 Å². The first kappa shape index (κ1) is 13.5. The third-order valence-corrected chi connectivity index (χ3v) is 3.06. The number of esters is 1. The Morgan fingerprint density at radius 2 is 2.19 bits per heavy atom. The van der Waals surface area contributed by atoms with Crippen molar-refractivity contribution >= 4 is 5.97 Å². The molecule has 94 valence electrons. The molecule has 1 heterocycles. The van der Waals surface area contributed by atoms with Gasteiger partial charge in [0.1, 0.15) is 0 Å². The lowest BCUT2D eigenvalue weighted by Gasteiger charge is -2.22.